The third-order valence-electron chi connectivity index (χ3n) is 7.53. The first-order valence-electron chi connectivity index (χ1n) is 12.8. The van der Waals surface area contributed by atoms with E-state index in [2.05, 4.69) is 97.8 Å². The molecule has 6 heteroatoms. The number of rotatable bonds is 5. The minimum atomic E-state index is -0.376. The highest BCUT2D eigenvalue weighted by atomic mass is 16.5. The molecule has 6 nitrogen and oxygen atoms in total. The standard InChI is InChI=1S/C29H38N4O2/c1-19(2)33(20(3)4)24-12-13-25-27(16-24)35-29(6,7)26-14-15-31-17-30(18-32(31)28(25)26)23-10-8-22(9-11-23)21(5)34/h8-14,16,19-20,28H,15,17-18H2,1-7H3. The van der Waals surface area contributed by atoms with Gasteiger partial charge in [0.25, 0.3) is 0 Å². The topological polar surface area (TPSA) is 39.3 Å². The lowest BCUT2D eigenvalue weighted by molar-refractivity contribution is -0.0296. The average molecular weight is 475 g/mol. The summed E-state index contributed by atoms with van der Waals surface area (Å²) in [4.78, 5) is 16.5. The molecule has 1 saturated heterocycles. The normalized spacial score (nSPS) is 21.3. The molecule has 2 aromatic carbocycles. The largest absolute Gasteiger partial charge is 0.483 e. The van der Waals surface area contributed by atoms with Gasteiger partial charge in [-0.25, -0.2) is 10.0 Å². The molecule has 3 aliphatic rings. The van der Waals surface area contributed by atoms with Crippen LogP contribution in [-0.2, 0) is 0 Å². The van der Waals surface area contributed by atoms with Crippen molar-refractivity contribution in [1.29, 1.82) is 0 Å². The van der Waals surface area contributed by atoms with Crippen molar-refractivity contribution in [2.24, 2.45) is 0 Å². The summed E-state index contributed by atoms with van der Waals surface area (Å²) in [5, 5.41) is 4.90. The molecule has 1 unspecified atom stereocenters. The van der Waals surface area contributed by atoms with Crippen LogP contribution in [-0.4, -0.2) is 53.4 Å². The molecule has 0 N–H and O–H groups in total. The Labute approximate surface area is 209 Å². The molecule has 3 aliphatic heterocycles. The number of Topliss-reactive ketones (excluding diaryl/α,β-unsaturated/α-hetero) is 1. The lowest BCUT2D eigenvalue weighted by atomic mass is 9.82. The van der Waals surface area contributed by atoms with Crippen LogP contribution in [0, 0.1) is 0 Å². The van der Waals surface area contributed by atoms with E-state index in [0.29, 0.717) is 12.1 Å². The smallest absolute Gasteiger partial charge is 0.159 e. The van der Waals surface area contributed by atoms with Crippen LogP contribution in [0.1, 0.15) is 70.4 Å². The molecule has 0 amide bonds. The SMILES string of the molecule is CC(=O)c1ccc(N2CN3CC=C4C(c5ccc(N(C(C)C)C(C)C)cc5OC4(C)C)N3C2)cc1. The van der Waals surface area contributed by atoms with Gasteiger partial charge in [0, 0.05) is 47.2 Å². The first kappa shape index (κ1) is 23.9. The zero-order chi connectivity index (χ0) is 25.1. The summed E-state index contributed by atoms with van der Waals surface area (Å²) in [6.45, 7) is 17.4. The second-order valence-corrected chi connectivity index (χ2v) is 11.0. The van der Waals surface area contributed by atoms with Crippen LogP contribution in [0.4, 0.5) is 11.4 Å². The van der Waals surface area contributed by atoms with Gasteiger partial charge in [-0.3, -0.25) is 4.79 Å². The summed E-state index contributed by atoms with van der Waals surface area (Å²) >= 11 is 0. The van der Waals surface area contributed by atoms with E-state index in [1.54, 1.807) is 6.92 Å². The maximum atomic E-state index is 11.7. The molecule has 0 saturated carbocycles. The zero-order valence-electron chi connectivity index (χ0n) is 22.1. The van der Waals surface area contributed by atoms with E-state index in [1.807, 2.05) is 12.1 Å². The van der Waals surface area contributed by atoms with Gasteiger partial charge in [-0.15, -0.1) is 0 Å². The number of fused-ring (bicyclic) bond motifs is 5. The second-order valence-electron chi connectivity index (χ2n) is 11.0. The lowest BCUT2D eigenvalue weighted by Gasteiger charge is -2.48. The number of nitrogens with zero attached hydrogens (tertiary/aromatic N) is 4. The molecular weight excluding hydrogens is 436 g/mol. The third kappa shape index (κ3) is 4.13. The molecule has 0 bridgehead atoms. The average Bonchev–Trinajstić information content (AvgIpc) is 3.22. The number of hydrogen-bond donors (Lipinski definition) is 0. The van der Waals surface area contributed by atoms with Crippen LogP contribution in [0.3, 0.4) is 0 Å². The molecule has 5 rings (SSSR count). The van der Waals surface area contributed by atoms with Crippen LogP contribution < -0.4 is 14.5 Å². The van der Waals surface area contributed by atoms with Crippen molar-refractivity contribution in [3.05, 3.63) is 65.2 Å². The quantitative estimate of drug-likeness (QED) is 0.414. The number of anilines is 2. The highest BCUT2D eigenvalue weighted by molar-refractivity contribution is 5.94. The Morgan fingerprint density at radius 3 is 2.34 bits per heavy atom. The summed E-state index contributed by atoms with van der Waals surface area (Å²) in [6, 6.07) is 15.7. The minimum Gasteiger partial charge on any atom is -0.483 e. The van der Waals surface area contributed by atoms with Gasteiger partial charge in [-0.2, -0.15) is 0 Å². The lowest BCUT2D eigenvalue weighted by Crippen LogP contribution is -2.51. The molecule has 35 heavy (non-hydrogen) atoms. The van der Waals surface area contributed by atoms with Crippen molar-refractivity contribution < 1.29 is 9.53 Å². The van der Waals surface area contributed by atoms with Crippen LogP contribution in [0.5, 0.6) is 5.75 Å². The van der Waals surface area contributed by atoms with E-state index in [-0.39, 0.29) is 17.4 Å². The first-order valence-corrected chi connectivity index (χ1v) is 12.8. The van der Waals surface area contributed by atoms with E-state index >= 15 is 0 Å². The first-order chi connectivity index (χ1) is 16.6. The summed E-state index contributed by atoms with van der Waals surface area (Å²) in [5.74, 6) is 1.08. The van der Waals surface area contributed by atoms with Gasteiger partial charge < -0.3 is 14.5 Å². The highest BCUT2D eigenvalue weighted by Crippen LogP contribution is 2.50. The fraction of sp³-hybridized carbons (Fsp3) is 0.483. The number of hydrogen-bond acceptors (Lipinski definition) is 6. The van der Waals surface area contributed by atoms with E-state index in [0.717, 1.165) is 36.9 Å². The highest BCUT2D eigenvalue weighted by Gasteiger charge is 2.47. The van der Waals surface area contributed by atoms with Gasteiger partial charge in [-0.1, -0.05) is 12.1 Å². The second kappa shape index (κ2) is 8.68. The minimum absolute atomic E-state index is 0.0990. The monoisotopic (exact) mass is 474 g/mol. The number of hydrazine groups is 1. The Bertz CT molecular complexity index is 1140. The zero-order valence-corrected chi connectivity index (χ0v) is 22.1. The molecule has 186 valence electrons. The Balaban J connectivity index is 1.49. The Morgan fingerprint density at radius 2 is 1.71 bits per heavy atom. The van der Waals surface area contributed by atoms with E-state index in [1.165, 1.54) is 16.8 Å². The van der Waals surface area contributed by atoms with Crippen molar-refractivity contribution in [2.75, 3.05) is 29.7 Å². The van der Waals surface area contributed by atoms with Gasteiger partial charge in [-0.05, 0) is 84.4 Å². The van der Waals surface area contributed by atoms with E-state index in [4.69, 9.17) is 4.74 Å². The van der Waals surface area contributed by atoms with Crippen LogP contribution in [0.15, 0.2) is 54.1 Å². The molecule has 2 aromatic rings. The molecule has 0 aliphatic carbocycles. The molecule has 1 fully saturated rings. The van der Waals surface area contributed by atoms with Gasteiger partial charge in [0.15, 0.2) is 5.78 Å². The predicted molar refractivity (Wildman–Crippen MR) is 142 cm³/mol. The van der Waals surface area contributed by atoms with Gasteiger partial charge >= 0.3 is 0 Å². The summed E-state index contributed by atoms with van der Waals surface area (Å²) in [5.41, 5.74) is 5.27. The predicted octanol–water partition coefficient (Wildman–Crippen LogP) is 5.62. The number of benzene rings is 2. The van der Waals surface area contributed by atoms with E-state index in [9.17, 15) is 4.79 Å². The van der Waals surface area contributed by atoms with Crippen LogP contribution >= 0.6 is 0 Å². The van der Waals surface area contributed by atoms with Gasteiger partial charge in [0.2, 0.25) is 0 Å². The van der Waals surface area contributed by atoms with Crippen molar-refractivity contribution >= 4 is 17.2 Å². The Morgan fingerprint density at radius 1 is 1.03 bits per heavy atom. The van der Waals surface area contributed by atoms with Crippen molar-refractivity contribution in [3.8, 4) is 5.75 Å². The van der Waals surface area contributed by atoms with Gasteiger partial charge in [0.05, 0.1) is 19.4 Å². The Hall–Kier alpha value is -2.83. The molecule has 0 spiro atoms. The number of ketones is 1. The third-order valence-corrected chi connectivity index (χ3v) is 7.53. The number of carbonyl (C=O) groups is 1. The fourth-order valence-electron chi connectivity index (χ4n) is 5.97. The van der Waals surface area contributed by atoms with Crippen LogP contribution in [0.2, 0.25) is 0 Å². The van der Waals surface area contributed by atoms with E-state index < -0.39 is 0 Å². The van der Waals surface area contributed by atoms with Crippen molar-refractivity contribution in [1.82, 2.24) is 10.0 Å². The van der Waals surface area contributed by atoms with Gasteiger partial charge in [0.1, 0.15) is 11.4 Å². The fourth-order valence-corrected chi connectivity index (χ4v) is 5.97. The van der Waals surface area contributed by atoms with Crippen LogP contribution in [0.25, 0.3) is 0 Å². The maximum absolute atomic E-state index is 11.7. The molecule has 3 heterocycles. The molecule has 0 aromatic heterocycles. The summed E-state index contributed by atoms with van der Waals surface area (Å²) < 4.78 is 6.65. The number of carbonyl (C=O) groups excluding carboxylic acids is 1. The van der Waals surface area contributed by atoms with Crippen molar-refractivity contribution in [2.45, 2.75) is 72.2 Å². The summed E-state index contributed by atoms with van der Waals surface area (Å²) in [6.07, 6.45) is 2.36. The maximum Gasteiger partial charge on any atom is 0.159 e. The molecule has 0 radical (unpaired) electrons. The number of ether oxygens (including phenoxy) is 1. The van der Waals surface area contributed by atoms with Crippen molar-refractivity contribution in [3.63, 3.8) is 0 Å². The molecular formula is C29H38N4O2. The summed E-state index contributed by atoms with van der Waals surface area (Å²) in [7, 11) is 0. The Kier molecular flexibility index (Phi) is 5.93. The molecule has 1 atom stereocenters.